The molecule has 0 aromatic carbocycles. The Labute approximate surface area is 86.7 Å². The van der Waals surface area contributed by atoms with Crippen LogP contribution >= 0.6 is 0 Å². The fraction of sp³-hybridized carbons (Fsp3) is 0.917. The van der Waals surface area contributed by atoms with Gasteiger partial charge in [0.25, 0.3) is 0 Å². The third-order valence-corrected chi connectivity index (χ3v) is 3.94. The number of carbonyl (C=O) groups excluding carboxylic acids is 1. The molecule has 0 radical (unpaired) electrons. The topological polar surface area (TPSA) is 20.3 Å². The van der Waals surface area contributed by atoms with E-state index in [1.165, 1.54) is 19.3 Å². The molecule has 0 spiro atoms. The van der Waals surface area contributed by atoms with Crippen molar-refractivity contribution in [2.45, 2.75) is 51.5 Å². The van der Waals surface area contributed by atoms with Crippen molar-refractivity contribution in [3.8, 4) is 0 Å². The Hall–Kier alpha value is -0.370. The standard InChI is InChI=1S/C12H21NO/c1-2-10-6-8-13(9-7-10)11-4-3-5-12(11)14/h10-11H,2-9H2,1H3. The van der Waals surface area contributed by atoms with Crippen LogP contribution in [-0.4, -0.2) is 29.8 Å². The van der Waals surface area contributed by atoms with Gasteiger partial charge in [0.1, 0.15) is 5.78 Å². The van der Waals surface area contributed by atoms with Crippen molar-refractivity contribution < 1.29 is 4.79 Å². The van der Waals surface area contributed by atoms with Gasteiger partial charge in [-0.05, 0) is 44.7 Å². The second-order valence-electron chi connectivity index (χ2n) is 4.76. The van der Waals surface area contributed by atoms with Gasteiger partial charge in [0.05, 0.1) is 6.04 Å². The Balaban J connectivity index is 1.85. The van der Waals surface area contributed by atoms with Gasteiger partial charge in [-0.25, -0.2) is 0 Å². The van der Waals surface area contributed by atoms with Crippen LogP contribution in [0.3, 0.4) is 0 Å². The van der Waals surface area contributed by atoms with Gasteiger partial charge in [-0.3, -0.25) is 9.69 Å². The summed E-state index contributed by atoms with van der Waals surface area (Å²) in [6.45, 7) is 4.60. The predicted octanol–water partition coefficient (Wildman–Crippen LogP) is 2.23. The average Bonchev–Trinajstić information content (AvgIpc) is 2.65. The molecule has 2 aliphatic rings. The van der Waals surface area contributed by atoms with E-state index in [0.29, 0.717) is 11.8 Å². The Bertz CT molecular complexity index is 206. The van der Waals surface area contributed by atoms with Gasteiger partial charge in [-0.15, -0.1) is 0 Å². The van der Waals surface area contributed by atoms with Crippen LogP contribution in [0.1, 0.15) is 45.4 Å². The molecule has 0 aromatic rings. The molecule has 0 aromatic heterocycles. The molecule has 1 saturated heterocycles. The smallest absolute Gasteiger partial charge is 0.149 e. The van der Waals surface area contributed by atoms with Crippen LogP contribution in [0.5, 0.6) is 0 Å². The average molecular weight is 195 g/mol. The molecule has 1 aliphatic carbocycles. The molecule has 2 heteroatoms. The van der Waals surface area contributed by atoms with Crippen molar-refractivity contribution in [3.05, 3.63) is 0 Å². The number of ketones is 1. The Morgan fingerprint density at radius 1 is 1.29 bits per heavy atom. The zero-order valence-corrected chi connectivity index (χ0v) is 9.17. The predicted molar refractivity (Wildman–Crippen MR) is 57.2 cm³/mol. The maximum absolute atomic E-state index is 11.6. The fourth-order valence-corrected chi connectivity index (χ4v) is 2.86. The molecule has 0 N–H and O–H groups in total. The van der Waals surface area contributed by atoms with E-state index in [0.717, 1.165) is 38.3 Å². The van der Waals surface area contributed by atoms with Crippen LogP contribution in [0.4, 0.5) is 0 Å². The Kier molecular flexibility index (Phi) is 3.22. The van der Waals surface area contributed by atoms with Crippen LogP contribution in [0.15, 0.2) is 0 Å². The summed E-state index contributed by atoms with van der Waals surface area (Å²) >= 11 is 0. The van der Waals surface area contributed by atoms with Crippen LogP contribution in [0.2, 0.25) is 0 Å². The molecule has 2 fully saturated rings. The first-order chi connectivity index (χ1) is 6.81. The van der Waals surface area contributed by atoms with Gasteiger partial charge in [-0.2, -0.15) is 0 Å². The summed E-state index contributed by atoms with van der Waals surface area (Å²) in [6.07, 6.45) is 7.00. The van der Waals surface area contributed by atoms with Crippen LogP contribution in [0.25, 0.3) is 0 Å². The molecule has 2 rings (SSSR count). The number of hydrogen-bond donors (Lipinski definition) is 0. The molecule has 2 nitrogen and oxygen atoms in total. The Morgan fingerprint density at radius 3 is 2.50 bits per heavy atom. The first kappa shape index (κ1) is 10.2. The quantitative estimate of drug-likeness (QED) is 0.673. The zero-order chi connectivity index (χ0) is 9.97. The van der Waals surface area contributed by atoms with Crippen LogP contribution in [-0.2, 0) is 4.79 Å². The van der Waals surface area contributed by atoms with Gasteiger partial charge in [-0.1, -0.05) is 13.3 Å². The summed E-state index contributed by atoms with van der Waals surface area (Å²) in [5.41, 5.74) is 0. The molecule has 1 aliphatic heterocycles. The molecule has 0 bridgehead atoms. The molecule has 80 valence electrons. The van der Waals surface area contributed by atoms with Crippen molar-refractivity contribution in [1.82, 2.24) is 4.90 Å². The molecular weight excluding hydrogens is 174 g/mol. The molecule has 1 atom stereocenters. The van der Waals surface area contributed by atoms with Gasteiger partial charge in [0.2, 0.25) is 0 Å². The summed E-state index contributed by atoms with van der Waals surface area (Å²) in [5, 5.41) is 0. The third kappa shape index (κ3) is 2.00. The number of carbonyl (C=O) groups is 1. The highest BCUT2D eigenvalue weighted by molar-refractivity contribution is 5.85. The minimum atomic E-state index is 0.299. The summed E-state index contributed by atoms with van der Waals surface area (Å²) in [4.78, 5) is 14.0. The lowest BCUT2D eigenvalue weighted by molar-refractivity contribution is -0.122. The lowest BCUT2D eigenvalue weighted by atomic mass is 9.93. The molecule has 1 heterocycles. The third-order valence-electron chi connectivity index (χ3n) is 3.94. The largest absolute Gasteiger partial charge is 0.298 e. The molecular formula is C12H21NO. The maximum atomic E-state index is 11.6. The van der Waals surface area contributed by atoms with E-state index in [-0.39, 0.29) is 0 Å². The normalized spacial score (nSPS) is 31.2. The van der Waals surface area contributed by atoms with Gasteiger partial charge in [0, 0.05) is 6.42 Å². The second-order valence-corrected chi connectivity index (χ2v) is 4.76. The van der Waals surface area contributed by atoms with Crippen molar-refractivity contribution in [2.75, 3.05) is 13.1 Å². The number of Topliss-reactive ketones (excluding diaryl/α,β-unsaturated/α-hetero) is 1. The molecule has 14 heavy (non-hydrogen) atoms. The lowest BCUT2D eigenvalue weighted by Crippen LogP contribution is -2.43. The van der Waals surface area contributed by atoms with Gasteiger partial charge >= 0.3 is 0 Å². The summed E-state index contributed by atoms with van der Waals surface area (Å²) in [6, 6.07) is 0.299. The van der Waals surface area contributed by atoms with Crippen molar-refractivity contribution in [1.29, 1.82) is 0 Å². The van der Waals surface area contributed by atoms with Crippen molar-refractivity contribution in [3.63, 3.8) is 0 Å². The zero-order valence-electron chi connectivity index (χ0n) is 9.17. The van der Waals surface area contributed by atoms with E-state index in [4.69, 9.17) is 0 Å². The van der Waals surface area contributed by atoms with Crippen LogP contribution in [0, 0.1) is 5.92 Å². The maximum Gasteiger partial charge on any atom is 0.149 e. The number of rotatable bonds is 2. The lowest BCUT2D eigenvalue weighted by Gasteiger charge is -2.34. The number of hydrogen-bond acceptors (Lipinski definition) is 2. The Morgan fingerprint density at radius 2 is 2.00 bits per heavy atom. The minimum absolute atomic E-state index is 0.299. The highest BCUT2D eigenvalue weighted by Gasteiger charge is 2.31. The summed E-state index contributed by atoms with van der Waals surface area (Å²) in [7, 11) is 0. The first-order valence-corrected chi connectivity index (χ1v) is 6.08. The fourth-order valence-electron chi connectivity index (χ4n) is 2.86. The highest BCUT2D eigenvalue weighted by Crippen LogP contribution is 2.26. The van der Waals surface area contributed by atoms with Gasteiger partial charge < -0.3 is 0 Å². The van der Waals surface area contributed by atoms with Crippen molar-refractivity contribution >= 4 is 5.78 Å². The minimum Gasteiger partial charge on any atom is -0.298 e. The molecule has 1 unspecified atom stereocenters. The van der Waals surface area contributed by atoms with E-state index in [1.807, 2.05) is 0 Å². The van der Waals surface area contributed by atoms with Gasteiger partial charge in [0.15, 0.2) is 0 Å². The summed E-state index contributed by atoms with van der Waals surface area (Å²) in [5.74, 6) is 1.42. The van der Waals surface area contributed by atoms with Crippen LogP contribution < -0.4 is 0 Å². The highest BCUT2D eigenvalue weighted by atomic mass is 16.1. The molecule has 1 saturated carbocycles. The van der Waals surface area contributed by atoms with Crippen molar-refractivity contribution in [2.24, 2.45) is 5.92 Å². The monoisotopic (exact) mass is 195 g/mol. The van der Waals surface area contributed by atoms with E-state index in [2.05, 4.69) is 11.8 Å². The second kappa shape index (κ2) is 4.43. The number of nitrogens with zero attached hydrogens (tertiary/aromatic N) is 1. The number of piperidine rings is 1. The van der Waals surface area contributed by atoms with E-state index >= 15 is 0 Å². The summed E-state index contributed by atoms with van der Waals surface area (Å²) < 4.78 is 0. The molecule has 0 amide bonds. The van der Waals surface area contributed by atoms with E-state index in [1.54, 1.807) is 0 Å². The first-order valence-electron chi connectivity index (χ1n) is 6.08. The number of likely N-dealkylation sites (tertiary alicyclic amines) is 1. The SMILES string of the molecule is CCC1CCN(C2CCCC2=O)CC1. The van der Waals surface area contributed by atoms with E-state index < -0.39 is 0 Å². The van der Waals surface area contributed by atoms with E-state index in [9.17, 15) is 4.79 Å².